The number of carbonyl (C=O) groups is 2. The molecule has 0 saturated carbocycles. The van der Waals surface area contributed by atoms with Gasteiger partial charge in [0.15, 0.2) is 5.54 Å². The van der Waals surface area contributed by atoms with Crippen molar-refractivity contribution in [2.45, 2.75) is 19.1 Å². The molecule has 0 bridgehead atoms. The third-order valence-electron chi connectivity index (χ3n) is 2.33. The number of amides is 1. The van der Waals surface area contributed by atoms with E-state index in [1.165, 1.54) is 0 Å². The van der Waals surface area contributed by atoms with Crippen LogP contribution in [0.1, 0.15) is 12.5 Å². The molecule has 1 unspecified atom stereocenters. The Labute approximate surface area is 104 Å². The van der Waals surface area contributed by atoms with E-state index in [4.69, 9.17) is 9.84 Å². The first-order valence-corrected chi connectivity index (χ1v) is 5.26. The van der Waals surface area contributed by atoms with Gasteiger partial charge in [-0.25, -0.2) is 14.0 Å². The van der Waals surface area contributed by atoms with Crippen LogP contribution in [0.4, 0.5) is 9.18 Å². The van der Waals surface area contributed by atoms with E-state index in [1.807, 2.05) is 11.4 Å². The lowest BCUT2D eigenvalue weighted by Crippen LogP contribution is -2.54. The molecule has 5 nitrogen and oxygen atoms in total. The molecule has 0 aliphatic rings. The number of carboxylic acids is 1. The van der Waals surface area contributed by atoms with Crippen LogP contribution in [0.3, 0.4) is 0 Å². The zero-order chi connectivity index (χ0) is 13.6. The van der Waals surface area contributed by atoms with Gasteiger partial charge in [0, 0.05) is 0 Å². The molecule has 1 aromatic rings. The van der Waals surface area contributed by atoms with Crippen LogP contribution in [0.25, 0.3) is 0 Å². The molecule has 2 N–H and O–H groups in total. The van der Waals surface area contributed by atoms with Crippen molar-refractivity contribution in [3.05, 3.63) is 35.9 Å². The fraction of sp³-hybridized carbons (Fsp3) is 0.333. The molecule has 1 atom stereocenters. The van der Waals surface area contributed by atoms with E-state index in [9.17, 15) is 14.0 Å². The molecule has 0 spiro atoms. The van der Waals surface area contributed by atoms with Gasteiger partial charge in [0.25, 0.3) is 0 Å². The summed E-state index contributed by atoms with van der Waals surface area (Å²) in [5, 5.41) is 10.7. The van der Waals surface area contributed by atoms with Crippen LogP contribution in [-0.2, 0) is 16.1 Å². The maximum absolute atomic E-state index is 12.6. The van der Waals surface area contributed by atoms with Gasteiger partial charge in [0.2, 0.25) is 0 Å². The molecule has 18 heavy (non-hydrogen) atoms. The van der Waals surface area contributed by atoms with Crippen LogP contribution in [0.15, 0.2) is 30.3 Å². The Morgan fingerprint density at radius 3 is 2.50 bits per heavy atom. The van der Waals surface area contributed by atoms with Crippen molar-refractivity contribution in [3.63, 3.8) is 0 Å². The first-order chi connectivity index (χ1) is 8.48. The molecule has 0 aliphatic carbocycles. The fourth-order valence-electron chi connectivity index (χ4n) is 1.13. The van der Waals surface area contributed by atoms with E-state index in [0.29, 0.717) is 0 Å². The number of rotatable bonds is 5. The van der Waals surface area contributed by atoms with Crippen LogP contribution in [0, 0.1) is 0 Å². The van der Waals surface area contributed by atoms with Crippen LogP contribution in [0.5, 0.6) is 0 Å². The Kier molecular flexibility index (Phi) is 4.65. The fourth-order valence-corrected chi connectivity index (χ4v) is 1.13. The number of hydrogen-bond donors (Lipinski definition) is 2. The summed E-state index contributed by atoms with van der Waals surface area (Å²) < 4.78 is 17.4. The third kappa shape index (κ3) is 3.73. The lowest BCUT2D eigenvalue weighted by atomic mass is 10.1. The van der Waals surface area contributed by atoms with E-state index < -0.39 is 24.3 Å². The number of benzene rings is 1. The molecule has 1 rings (SSSR count). The van der Waals surface area contributed by atoms with Crippen molar-refractivity contribution in [2.24, 2.45) is 0 Å². The molecule has 0 aliphatic heterocycles. The standard InChI is InChI=1S/C12H14FNO4/c1-12(8-13,10(15)16)14-11(17)18-7-9-5-3-2-4-6-9/h2-6H,7-8H2,1H3,(H,14,17)(H,15,16). The molecular weight excluding hydrogens is 241 g/mol. The Balaban J connectivity index is 2.49. The van der Waals surface area contributed by atoms with Gasteiger partial charge >= 0.3 is 12.1 Å². The summed E-state index contributed by atoms with van der Waals surface area (Å²) in [5.74, 6) is -1.46. The van der Waals surface area contributed by atoms with Crippen LogP contribution >= 0.6 is 0 Å². The lowest BCUT2D eigenvalue weighted by molar-refractivity contribution is -0.144. The van der Waals surface area contributed by atoms with Crippen molar-refractivity contribution in [3.8, 4) is 0 Å². The van der Waals surface area contributed by atoms with E-state index in [1.54, 1.807) is 24.3 Å². The number of hydrogen-bond acceptors (Lipinski definition) is 3. The van der Waals surface area contributed by atoms with Crippen molar-refractivity contribution >= 4 is 12.1 Å². The summed E-state index contributed by atoms with van der Waals surface area (Å²) in [6.45, 7) is -0.156. The topological polar surface area (TPSA) is 75.6 Å². The highest BCUT2D eigenvalue weighted by Gasteiger charge is 2.35. The number of carbonyl (C=O) groups excluding carboxylic acids is 1. The summed E-state index contributed by atoms with van der Waals surface area (Å²) in [7, 11) is 0. The summed E-state index contributed by atoms with van der Waals surface area (Å²) >= 11 is 0. The normalized spacial score (nSPS) is 13.4. The zero-order valence-corrected chi connectivity index (χ0v) is 9.85. The average molecular weight is 255 g/mol. The lowest BCUT2D eigenvalue weighted by Gasteiger charge is -2.22. The number of alkyl carbamates (subject to hydrolysis) is 1. The second-order valence-corrected chi connectivity index (χ2v) is 3.96. The number of nitrogens with one attached hydrogen (secondary N) is 1. The van der Waals surface area contributed by atoms with E-state index >= 15 is 0 Å². The molecule has 98 valence electrons. The monoisotopic (exact) mass is 255 g/mol. The third-order valence-corrected chi connectivity index (χ3v) is 2.33. The van der Waals surface area contributed by atoms with Gasteiger partial charge in [0.05, 0.1) is 0 Å². The summed E-state index contributed by atoms with van der Waals surface area (Å²) in [4.78, 5) is 22.1. The minimum Gasteiger partial charge on any atom is -0.479 e. The van der Waals surface area contributed by atoms with Gasteiger partial charge in [-0.3, -0.25) is 0 Å². The number of carboxylic acid groups (broad SMARTS) is 1. The Morgan fingerprint density at radius 2 is 2.00 bits per heavy atom. The molecule has 0 heterocycles. The summed E-state index contributed by atoms with van der Waals surface area (Å²) in [6.07, 6.45) is -0.971. The van der Waals surface area contributed by atoms with Crippen LogP contribution in [-0.4, -0.2) is 29.4 Å². The molecule has 0 fully saturated rings. The number of alkyl halides is 1. The highest BCUT2D eigenvalue weighted by molar-refractivity contribution is 5.84. The van der Waals surface area contributed by atoms with Gasteiger partial charge < -0.3 is 15.2 Å². The summed E-state index contributed by atoms with van der Waals surface area (Å²) in [6, 6.07) is 8.87. The smallest absolute Gasteiger partial charge is 0.408 e. The maximum atomic E-state index is 12.6. The largest absolute Gasteiger partial charge is 0.479 e. The van der Waals surface area contributed by atoms with Crippen molar-refractivity contribution in [2.75, 3.05) is 6.67 Å². The van der Waals surface area contributed by atoms with Crippen molar-refractivity contribution in [1.29, 1.82) is 0 Å². The first kappa shape index (κ1) is 14.0. The minimum absolute atomic E-state index is 0.00530. The van der Waals surface area contributed by atoms with Gasteiger partial charge in [-0.1, -0.05) is 30.3 Å². The van der Waals surface area contributed by atoms with Crippen molar-refractivity contribution in [1.82, 2.24) is 5.32 Å². The van der Waals surface area contributed by atoms with Gasteiger partial charge in [-0.15, -0.1) is 0 Å². The number of ether oxygens (including phenoxy) is 1. The number of halogens is 1. The van der Waals surface area contributed by atoms with Crippen molar-refractivity contribution < 1.29 is 23.8 Å². The molecule has 1 aromatic carbocycles. The molecular formula is C12H14FNO4. The highest BCUT2D eigenvalue weighted by atomic mass is 19.1. The van der Waals surface area contributed by atoms with E-state index in [-0.39, 0.29) is 6.61 Å². The minimum atomic E-state index is -1.96. The summed E-state index contributed by atoms with van der Waals surface area (Å²) in [5.41, 5.74) is -1.21. The first-order valence-electron chi connectivity index (χ1n) is 5.26. The Morgan fingerprint density at radius 1 is 1.39 bits per heavy atom. The molecule has 6 heteroatoms. The highest BCUT2D eigenvalue weighted by Crippen LogP contribution is 2.06. The predicted molar refractivity (Wildman–Crippen MR) is 61.8 cm³/mol. The SMILES string of the molecule is CC(CF)(NC(=O)OCc1ccccc1)C(=O)O. The average Bonchev–Trinajstić information content (AvgIpc) is 2.37. The predicted octanol–water partition coefficient (Wildman–Crippen LogP) is 1.73. The second-order valence-electron chi connectivity index (χ2n) is 3.96. The van der Waals surface area contributed by atoms with Gasteiger partial charge in [0.1, 0.15) is 13.3 Å². The number of aliphatic carboxylic acids is 1. The van der Waals surface area contributed by atoms with Crippen LogP contribution < -0.4 is 5.32 Å². The van der Waals surface area contributed by atoms with Gasteiger partial charge in [-0.05, 0) is 12.5 Å². The van der Waals surface area contributed by atoms with Crippen LogP contribution in [0.2, 0.25) is 0 Å². The molecule has 0 saturated heterocycles. The molecule has 0 aromatic heterocycles. The Bertz CT molecular complexity index is 423. The van der Waals surface area contributed by atoms with Gasteiger partial charge in [-0.2, -0.15) is 0 Å². The molecule has 0 radical (unpaired) electrons. The Hall–Kier alpha value is -2.11. The quantitative estimate of drug-likeness (QED) is 0.840. The van der Waals surface area contributed by atoms with E-state index in [2.05, 4.69) is 0 Å². The molecule has 1 amide bonds. The zero-order valence-electron chi connectivity index (χ0n) is 9.85. The van der Waals surface area contributed by atoms with E-state index in [0.717, 1.165) is 12.5 Å². The maximum Gasteiger partial charge on any atom is 0.408 e. The second kappa shape index (κ2) is 6.00.